The van der Waals surface area contributed by atoms with Crippen LogP contribution < -0.4 is 0 Å². The summed E-state index contributed by atoms with van der Waals surface area (Å²) in [7, 11) is 1.47. The summed E-state index contributed by atoms with van der Waals surface area (Å²) >= 11 is 0. The molecule has 1 aliphatic heterocycles. The molecule has 2 heterocycles. The van der Waals surface area contributed by atoms with Crippen molar-refractivity contribution in [3.05, 3.63) is 11.4 Å². The molecule has 0 bridgehead atoms. The van der Waals surface area contributed by atoms with E-state index in [2.05, 4.69) is 17.1 Å². The second-order valence-corrected chi connectivity index (χ2v) is 8.56. The maximum Gasteiger partial charge on any atom is 0.276 e. The molecule has 1 aliphatic rings. The molecular weight excluding hydrogens is 314 g/mol. The van der Waals surface area contributed by atoms with Crippen molar-refractivity contribution in [2.45, 2.75) is 51.0 Å². The van der Waals surface area contributed by atoms with Gasteiger partial charge in [-0.2, -0.15) is 5.10 Å². The second-order valence-electron chi connectivity index (χ2n) is 6.05. The van der Waals surface area contributed by atoms with E-state index in [1.165, 1.54) is 0 Å². The standard InChI is InChI=1S/C13H20ClN3O3S/c1-7(2)10-12(21(14,19)20)11(16-15-10)13(18)17-6-8(3)5-9(17)4/h7-9H,5-6H2,1-4H3,(H,15,16). The predicted octanol–water partition coefficient (Wildman–Crippen LogP) is 2.33. The van der Waals surface area contributed by atoms with Gasteiger partial charge in [-0.05, 0) is 25.2 Å². The van der Waals surface area contributed by atoms with Gasteiger partial charge in [-0.1, -0.05) is 20.8 Å². The molecule has 1 aromatic rings. The zero-order valence-electron chi connectivity index (χ0n) is 12.6. The normalized spacial score (nSPS) is 23.0. The van der Waals surface area contributed by atoms with Gasteiger partial charge in [0.2, 0.25) is 0 Å². The Morgan fingerprint density at radius 1 is 1.43 bits per heavy atom. The first kappa shape index (κ1) is 16.3. The van der Waals surface area contributed by atoms with E-state index in [9.17, 15) is 13.2 Å². The number of hydrogen-bond acceptors (Lipinski definition) is 4. The highest BCUT2D eigenvalue weighted by Gasteiger charge is 2.36. The highest BCUT2D eigenvalue weighted by atomic mass is 35.7. The second kappa shape index (κ2) is 5.61. The minimum absolute atomic E-state index is 0.0672. The number of aromatic amines is 1. The van der Waals surface area contributed by atoms with Crippen molar-refractivity contribution < 1.29 is 13.2 Å². The lowest BCUT2D eigenvalue weighted by Crippen LogP contribution is -2.34. The summed E-state index contributed by atoms with van der Waals surface area (Å²) < 4.78 is 23.7. The molecule has 2 atom stereocenters. The third kappa shape index (κ3) is 3.08. The van der Waals surface area contributed by atoms with Crippen LogP contribution >= 0.6 is 10.7 Å². The van der Waals surface area contributed by atoms with E-state index in [1.807, 2.05) is 20.8 Å². The molecule has 8 heteroatoms. The summed E-state index contributed by atoms with van der Waals surface area (Å²) in [6.45, 7) is 8.24. The largest absolute Gasteiger partial charge is 0.334 e. The molecule has 0 radical (unpaired) electrons. The van der Waals surface area contributed by atoms with E-state index in [4.69, 9.17) is 10.7 Å². The summed E-state index contributed by atoms with van der Waals surface area (Å²) in [6, 6.07) is 0.0672. The summed E-state index contributed by atoms with van der Waals surface area (Å²) in [5.41, 5.74) is 0.267. The van der Waals surface area contributed by atoms with Crippen LogP contribution in [0.5, 0.6) is 0 Å². The fraction of sp³-hybridized carbons (Fsp3) is 0.692. The zero-order valence-corrected chi connectivity index (χ0v) is 14.1. The van der Waals surface area contributed by atoms with Crippen molar-refractivity contribution in [1.29, 1.82) is 0 Å². The maximum absolute atomic E-state index is 12.6. The van der Waals surface area contributed by atoms with Crippen molar-refractivity contribution in [2.75, 3.05) is 6.54 Å². The third-order valence-corrected chi connectivity index (χ3v) is 5.18. The topological polar surface area (TPSA) is 83.1 Å². The van der Waals surface area contributed by atoms with E-state index in [1.54, 1.807) is 4.90 Å². The molecule has 6 nitrogen and oxygen atoms in total. The van der Waals surface area contributed by atoms with Gasteiger partial charge in [0, 0.05) is 23.3 Å². The van der Waals surface area contributed by atoms with E-state index in [0.29, 0.717) is 18.2 Å². The monoisotopic (exact) mass is 333 g/mol. The summed E-state index contributed by atoms with van der Waals surface area (Å²) in [4.78, 5) is 14.1. The number of halogens is 1. The average molecular weight is 334 g/mol. The number of hydrogen-bond donors (Lipinski definition) is 1. The number of carbonyl (C=O) groups excluding carboxylic acids is 1. The SMILES string of the molecule is CC1CC(C)N(C(=O)c2n[nH]c(C(C)C)c2S(=O)(=O)Cl)C1. The van der Waals surface area contributed by atoms with Gasteiger partial charge in [-0.15, -0.1) is 0 Å². The van der Waals surface area contributed by atoms with E-state index >= 15 is 0 Å². The quantitative estimate of drug-likeness (QED) is 0.860. The van der Waals surface area contributed by atoms with Crippen LogP contribution in [0.2, 0.25) is 0 Å². The number of carbonyl (C=O) groups is 1. The third-order valence-electron chi connectivity index (χ3n) is 3.82. The Balaban J connectivity index is 2.48. The number of amides is 1. The lowest BCUT2D eigenvalue weighted by atomic mass is 10.1. The predicted molar refractivity (Wildman–Crippen MR) is 80.0 cm³/mol. The molecule has 2 unspecified atom stereocenters. The Morgan fingerprint density at radius 3 is 2.48 bits per heavy atom. The molecule has 0 saturated carbocycles. The van der Waals surface area contributed by atoms with E-state index < -0.39 is 9.05 Å². The summed E-state index contributed by atoms with van der Waals surface area (Å²) in [5, 5.41) is 6.58. The Kier molecular flexibility index (Phi) is 4.35. The van der Waals surface area contributed by atoms with Crippen LogP contribution in [-0.4, -0.2) is 42.0 Å². The van der Waals surface area contributed by atoms with Gasteiger partial charge >= 0.3 is 0 Å². The Morgan fingerprint density at radius 2 is 2.05 bits per heavy atom. The van der Waals surface area contributed by atoms with Gasteiger partial charge in [0.05, 0.1) is 5.69 Å². The maximum atomic E-state index is 12.6. The van der Waals surface area contributed by atoms with E-state index in [-0.39, 0.29) is 28.5 Å². The van der Waals surface area contributed by atoms with Crippen LogP contribution in [0.25, 0.3) is 0 Å². The van der Waals surface area contributed by atoms with Crippen LogP contribution in [-0.2, 0) is 9.05 Å². The Hall–Kier alpha value is -1.08. The van der Waals surface area contributed by atoms with Gasteiger partial charge in [0.25, 0.3) is 15.0 Å². The van der Waals surface area contributed by atoms with Crippen LogP contribution in [0, 0.1) is 5.92 Å². The van der Waals surface area contributed by atoms with Gasteiger partial charge in [0.15, 0.2) is 5.69 Å². The fourth-order valence-corrected chi connectivity index (χ4v) is 4.22. The van der Waals surface area contributed by atoms with Crippen molar-refractivity contribution in [3.63, 3.8) is 0 Å². The lowest BCUT2D eigenvalue weighted by molar-refractivity contribution is 0.0734. The highest BCUT2D eigenvalue weighted by Crippen LogP contribution is 2.31. The van der Waals surface area contributed by atoms with Gasteiger partial charge in [-0.3, -0.25) is 9.89 Å². The fourth-order valence-electron chi connectivity index (χ4n) is 2.85. The first-order valence-corrected chi connectivity index (χ1v) is 9.27. The number of nitrogens with zero attached hydrogens (tertiary/aromatic N) is 2. The van der Waals surface area contributed by atoms with Crippen molar-refractivity contribution in [2.24, 2.45) is 5.92 Å². The first-order chi connectivity index (χ1) is 9.62. The molecule has 2 rings (SSSR count). The molecule has 0 spiro atoms. The summed E-state index contributed by atoms with van der Waals surface area (Å²) in [6.07, 6.45) is 0.899. The molecular formula is C13H20ClN3O3S. The van der Waals surface area contributed by atoms with Crippen molar-refractivity contribution in [3.8, 4) is 0 Å². The molecule has 0 aliphatic carbocycles. The number of aromatic nitrogens is 2. The minimum Gasteiger partial charge on any atom is -0.334 e. The molecule has 0 aromatic carbocycles. The van der Waals surface area contributed by atoms with Crippen molar-refractivity contribution >= 4 is 25.6 Å². The number of likely N-dealkylation sites (tertiary alicyclic amines) is 1. The molecule has 1 N–H and O–H groups in total. The average Bonchev–Trinajstić information content (AvgIpc) is 2.91. The van der Waals surface area contributed by atoms with Gasteiger partial charge in [-0.25, -0.2) is 8.42 Å². The van der Waals surface area contributed by atoms with Crippen LogP contribution in [0.15, 0.2) is 4.90 Å². The first-order valence-electron chi connectivity index (χ1n) is 6.96. The highest BCUT2D eigenvalue weighted by molar-refractivity contribution is 8.13. The Bertz CT molecular complexity index is 654. The van der Waals surface area contributed by atoms with E-state index in [0.717, 1.165) is 6.42 Å². The number of rotatable bonds is 3. The zero-order chi connectivity index (χ0) is 15.9. The molecule has 1 fully saturated rings. The molecule has 21 heavy (non-hydrogen) atoms. The Labute approximate surface area is 129 Å². The number of H-pyrrole nitrogens is 1. The van der Waals surface area contributed by atoms with Gasteiger partial charge < -0.3 is 4.90 Å². The minimum atomic E-state index is -4.04. The smallest absolute Gasteiger partial charge is 0.276 e. The molecule has 118 valence electrons. The molecule has 1 saturated heterocycles. The number of nitrogens with one attached hydrogen (secondary N) is 1. The lowest BCUT2D eigenvalue weighted by Gasteiger charge is -2.20. The van der Waals surface area contributed by atoms with Crippen LogP contribution in [0.3, 0.4) is 0 Å². The van der Waals surface area contributed by atoms with Crippen molar-refractivity contribution in [1.82, 2.24) is 15.1 Å². The summed E-state index contributed by atoms with van der Waals surface area (Å²) in [5.74, 6) is -0.116. The molecule has 1 aromatic heterocycles. The van der Waals surface area contributed by atoms with Gasteiger partial charge in [0.1, 0.15) is 4.90 Å². The van der Waals surface area contributed by atoms with Crippen LogP contribution in [0.4, 0.5) is 0 Å². The molecule has 1 amide bonds. The van der Waals surface area contributed by atoms with Crippen LogP contribution in [0.1, 0.15) is 56.2 Å².